The highest BCUT2D eigenvalue weighted by atomic mass is 15.1. The van der Waals surface area contributed by atoms with Crippen LogP contribution >= 0.6 is 0 Å². The summed E-state index contributed by atoms with van der Waals surface area (Å²) in [6.07, 6.45) is 7.79. The Kier molecular flexibility index (Phi) is 4.68. The van der Waals surface area contributed by atoms with Crippen LogP contribution in [0.3, 0.4) is 0 Å². The van der Waals surface area contributed by atoms with Crippen molar-refractivity contribution in [2.75, 3.05) is 7.05 Å². The number of nitrogens with one attached hydrogen (secondary N) is 1. The maximum atomic E-state index is 4.48. The van der Waals surface area contributed by atoms with Gasteiger partial charge in [-0.3, -0.25) is 4.98 Å². The molecule has 102 valence electrons. The van der Waals surface area contributed by atoms with Gasteiger partial charge in [0.05, 0.1) is 0 Å². The molecule has 0 aliphatic rings. The SMILES string of the molecule is CCCn1ccnc1CC(NC)c1cccnc1C. The molecule has 0 saturated carbocycles. The van der Waals surface area contributed by atoms with Crippen LogP contribution in [0, 0.1) is 6.92 Å². The first-order valence-electron chi connectivity index (χ1n) is 6.85. The highest BCUT2D eigenvalue weighted by Gasteiger charge is 2.15. The molecule has 2 aromatic heterocycles. The molecule has 0 radical (unpaired) electrons. The average Bonchev–Trinajstić information content (AvgIpc) is 2.85. The molecule has 0 aliphatic heterocycles. The minimum Gasteiger partial charge on any atom is -0.335 e. The Morgan fingerprint density at radius 1 is 1.32 bits per heavy atom. The second-order valence-corrected chi connectivity index (χ2v) is 4.76. The maximum Gasteiger partial charge on any atom is 0.110 e. The fourth-order valence-corrected chi connectivity index (χ4v) is 2.39. The van der Waals surface area contributed by atoms with Crippen LogP contribution in [0.5, 0.6) is 0 Å². The number of rotatable bonds is 6. The number of hydrogen-bond acceptors (Lipinski definition) is 3. The molecule has 0 bridgehead atoms. The van der Waals surface area contributed by atoms with Crippen molar-refractivity contribution in [3.8, 4) is 0 Å². The van der Waals surface area contributed by atoms with E-state index in [0.29, 0.717) is 0 Å². The number of imidazole rings is 1. The summed E-state index contributed by atoms with van der Waals surface area (Å²) in [5, 5.41) is 3.37. The zero-order chi connectivity index (χ0) is 13.7. The summed E-state index contributed by atoms with van der Waals surface area (Å²) in [6.45, 7) is 5.26. The number of pyridine rings is 1. The highest BCUT2D eigenvalue weighted by Crippen LogP contribution is 2.19. The summed E-state index contributed by atoms with van der Waals surface area (Å²) in [5.74, 6) is 1.13. The maximum absolute atomic E-state index is 4.48. The van der Waals surface area contributed by atoms with Crippen LogP contribution in [0.15, 0.2) is 30.7 Å². The van der Waals surface area contributed by atoms with Gasteiger partial charge >= 0.3 is 0 Å². The quantitative estimate of drug-likeness (QED) is 0.865. The molecule has 0 spiro atoms. The van der Waals surface area contributed by atoms with E-state index in [2.05, 4.69) is 46.0 Å². The zero-order valence-electron chi connectivity index (χ0n) is 11.9. The van der Waals surface area contributed by atoms with Crippen molar-refractivity contribution in [3.63, 3.8) is 0 Å². The van der Waals surface area contributed by atoms with Crippen molar-refractivity contribution in [1.29, 1.82) is 0 Å². The number of likely N-dealkylation sites (N-methyl/N-ethyl adjacent to an activating group) is 1. The second kappa shape index (κ2) is 6.48. The van der Waals surface area contributed by atoms with E-state index in [-0.39, 0.29) is 6.04 Å². The van der Waals surface area contributed by atoms with Gasteiger partial charge in [-0.2, -0.15) is 0 Å². The highest BCUT2D eigenvalue weighted by molar-refractivity contribution is 5.23. The first kappa shape index (κ1) is 13.7. The lowest BCUT2D eigenvalue weighted by Gasteiger charge is -2.18. The number of aromatic nitrogens is 3. The summed E-state index contributed by atoms with van der Waals surface area (Å²) >= 11 is 0. The summed E-state index contributed by atoms with van der Waals surface area (Å²) in [7, 11) is 1.99. The molecule has 1 N–H and O–H groups in total. The fraction of sp³-hybridized carbons (Fsp3) is 0.467. The van der Waals surface area contributed by atoms with Crippen LogP contribution in [0.1, 0.15) is 36.5 Å². The first-order valence-corrected chi connectivity index (χ1v) is 6.85. The lowest BCUT2D eigenvalue weighted by atomic mass is 10.0. The summed E-state index contributed by atoms with van der Waals surface area (Å²) in [6, 6.07) is 4.38. The first-order chi connectivity index (χ1) is 9.26. The molecule has 19 heavy (non-hydrogen) atoms. The third-order valence-corrected chi connectivity index (χ3v) is 3.42. The molecule has 4 heteroatoms. The van der Waals surface area contributed by atoms with E-state index >= 15 is 0 Å². The molecule has 2 heterocycles. The molecule has 0 amide bonds. The largest absolute Gasteiger partial charge is 0.335 e. The number of nitrogens with zero attached hydrogens (tertiary/aromatic N) is 3. The minimum atomic E-state index is 0.256. The molecule has 1 unspecified atom stereocenters. The molecular weight excluding hydrogens is 236 g/mol. The summed E-state index contributed by atoms with van der Waals surface area (Å²) in [4.78, 5) is 8.85. The predicted octanol–water partition coefficient (Wildman–Crippen LogP) is 2.50. The average molecular weight is 258 g/mol. The Balaban J connectivity index is 2.19. The van der Waals surface area contributed by atoms with E-state index in [0.717, 1.165) is 30.9 Å². The standard InChI is InChI=1S/C15H22N4/c1-4-9-19-10-8-18-15(19)11-14(16-3)13-6-5-7-17-12(13)2/h5-8,10,14,16H,4,9,11H2,1-3H3. The van der Waals surface area contributed by atoms with E-state index in [1.165, 1.54) is 5.56 Å². The Hall–Kier alpha value is -1.68. The van der Waals surface area contributed by atoms with Gasteiger partial charge in [-0.1, -0.05) is 13.0 Å². The Labute approximate surface area is 114 Å². The van der Waals surface area contributed by atoms with Gasteiger partial charge < -0.3 is 9.88 Å². The zero-order valence-corrected chi connectivity index (χ0v) is 11.9. The van der Waals surface area contributed by atoms with Crippen LogP contribution < -0.4 is 5.32 Å². The van der Waals surface area contributed by atoms with Crippen LogP contribution in [0.4, 0.5) is 0 Å². The lowest BCUT2D eigenvalue weighted by molar-refractivity contribution is 0.539. The van der Waals surface area contributed by atoms with Gasteiger partial charge in [-0.05, 0) is 32.0 Å². The molecule has 0 saturated heterocycles. The summed E-state index contributed by atoms with van der Waals surface area (Å²) < 4.78 is 2.23. The van der Waals surface area contributed by atoms with E-state index in [9.17, 15) is 0 Å². The Morgan fingerprint density at radius 3 is 2.84 bits per heavy atom. The van der Waals surface area contributed by atoms with E-state index < -0.39 is 0 Å². The van der Waals surface area contributed by atoms with E-state index in [1.54, 1.807) is 0 Å². The third-order valence-electron chi connectivity index (χ3n) is 3.42. The van der Waals surface area contributed by atoms with Gasteiger partial charge in [0.1, 0.15) is 5.82 Å². The minimum absolute atomic E-state index is 0.256. The topological polar surface area (TPSA) is 42.7 Å². The van der Waals surface area contributed by atoms with Gasteiger partial charge in [-0.15, -0.1) is 0 Å². The van der Waals surface area contributed by atoms with Crippen LogP contribution in [0.2, 0.25) is 0 Å². The summed E-state index contributed by atoms with van der Waals surface area (Å²) in [5.41, 5.74) is 2.33. The molecular formula is C15H22N4. The smallest absolute Gasteiger partial charge is 0.110 e. The number of aryl methyl sites for hydroxylation is 2. The van der Waals surface area contributed by atoms with Crippen molar-refractivity contribution in [2.24, 2.45) is 0 Å². The molecule has 2 rings (SSSR count). The van der Waals surface area contributed by atoms with Gasteiger partial charge in [0.25, 0.3) is 0 Å². The molecule has 4 nitrogen and oxygen atoms in total. The third kappa shape index (κ3) is 3.20. The number of hydrogen-bond donors (Lipinski definition) is 1. The monoisotopic (exact) mass is 258 g/mol. The normalized spacial score (nSPS) is 12.6. The van der Waals surface area contributed by atoms with E-state index in [4.69, 9.17) is 0 Å². The van der Waals surface area contributed by atoms with Gasteiger partial charge in [0.15, 0.2) is 0 Å². The van der Waals surface area contributed by atoms with Crippen molar-refractivity contribution in [1.82, 2.24) is 19.9 Å². The van der Waals surface area contributed by atoms with Crippen LogP contribution in [0.25, 0.3) is 0 Å². The molecule has 2 aromatic rings. The Bertz CT molecular complexity index is 518. The van der Waals surface area contributed by atoms with Crippen LogP contribution in [-0.4, -0.2) is 21.6 Å². The van der Waals surface area contributed by atoms with E-state index in [1.807, 2.05) is 25.5 Å². The van der Waals surface area contributed by atoms with Crippen molar-refractivity contribution < 1.29 is 0 Å². The fourth-order valence-electron chi connectivity index (χ4n) is 2.39. The Morgan fingerprint density at radius 2 is 2.16 bits per heavy atom. The molecule has 0 aliphatic carbocycles. The lowest BCUT2D eigenvalue weighted by Crippen LogP contribution is -2.22. The molecule has 0 fully saturated rings. The van der Waals surface area contributed by atoms with Gasteiger partial charge in [-0.25, -0.2) is 4.98 Å². The van der Waals surface area contributed by atoms with Crippen molar-refractivity contribution in [2.45, 2.75) is 39.3 Å². The second-order valence-electron chi connectivity index (χ2n) is 4.76. The van der Waals surface area contributed by atoms with Crippen molar-refractivity contribution >= 4 is 0 Å². The van der Waals surface area contributed by atoms with Gasteiger partial charge in [0, 0.05) is 43.3 Å². The predicted molar refractivity (Wildman–Crippen MR) is 77.0 cm³/mol. The molecule has 1 atom stereocenters. The molecule has 0 aromatic carbocycles. The van der Waals surface area contributed by atoms with Crippen molar-refractivity contribution in [3.05, 3.63) is 47.8 Å². The van der Waals surface area contributed by atoms with Crippen LogP contribution in [-0.2, 0) is 13.0 Å². The van der Waals surface area contributed by atoms with Gasteiger partial charge in [0.2, 0.25) is 0 Å².